The van der Waals surface area contributed by atoms with Crippen LogP contribution in [-0.4, -0.2) is 17.6 Å². The van der Waals surface area contributed by atoms with E-state index in [0.29, 0.717) is 11.4 Å². The van der Waals surface area contributed by atoms with E-state index in [4.69, 9.17) is 5.73 Å². The van der Waals surface area contributed by atoms with E-state index in [1.54, 1.807) is 11.6 Å². The van der Waals surface area contributed by atoms with Crippen LogP contribution < -0.4 is 5.73 Å². The highest BCUT2D eigenvalue weighted by atomic mass is 16.5. The Hall–Kier alpha value is -1.97. The second-order valence-electron chi connectivity index (χ2n) is 3.33. The van der Waals surface area contributed by atoms with Crippen LogP contribution in [0.1, 0.15) is 10.5 Å². The van der Waals surface area contributed by atoms with Crippen molar-refractivity contribution in [3.05, 3.63) is 30.0 Å². The Morgan fingerprint density at radius 1 is 1.40 bits per heavy atom. The van der Waals surface area contributed by atoms with Crippen molar-refractivity contribution in [1.82, 2.24) is 4.57 Å². The molecule has 0 saturated heterocycles. The van der Waals surface area contributed by atoms with E-state index in [1.165, 1.54) is 7.11 Å². The number of methoxy groups -OCH3 is 1. The van der Waals surface area contributed by atoms with E-state index < -0.39 is 5.97 Å². The molecule has 0 aliphatic carbocycles. The highest BCUT2D eigenvalue weighted by Gasteiger charge is 2.18. The summed E-state index contributed by atoms with van der Waals surface area (Å²) in [5.41, 5.74) is 7.69. The highest BCUT2D eigenvalue weighted by molar-refractivity contribution is 6.05. The van der Waals surface area contributed by atoms with Crippen LogP contribution in [0.15, 0.2) is 24.3 Å². The number of anilines is 1. The molecule has 0 aliphatic rings. The minimum atomic E-state index is -0.411. The number of fused-ring (bicyclic) bond motifs is 1. The van der Waals surface area contributed by atoms with Gasteiger partial charge in [0.1, 0.15) is 0 Å². The quantitative estimate of drug-likeness (QED) is 0.717. The molecule has 1 aromatic carbocycles. The van der Waals surface area contributed by atoms with Crippen LogP contribution in [-0.2, 0) is 11.8 Å². The smallest absolute Gasteiger partial charge is 0.356 e. The molecule has 0 unspecified atom stereocenters. The molecule has 4 heteroatoms. The van der Waals surface area contributed by atoms with Crippen molar-refractivity contribution in [3.8, 4) is 0 Å². The van der Waals surface area contributed by atoms with Gasteiger partial charge in [0, 0.05) is 12.4 Å². The SMILES string of the molecule is COC(=O)c1c(N)c2ccccc2n1C. The molecule has 0 spiro atoms. The Morgan fingerprint density at radius 2 is 2.07 bits per heavy atom. The summed E-state index contributed by atoms with van der Waals surface area (Å²) < 4.78 is 6.43. The number of nitrogens with two attached hydrogens (primary N) is 1. The zero-order valence-corrected chi connectivity index (χ0v) is 8.65. The maximum absolute atomic E-state index is 11.5. The molecule has 0 bridgehead atoms. The molecule has 0 amide bonds. The molecule has 0 fully saturated rings. The first-order valence-corrected chi connectivity index (χ1v) is 4.58. The standard InChI is InChI=1S/C11H12N2O2/c1-13-8-6-4-3-5-7(8)9(12)10(13)11(14)15-2/h3-6H,12H2,1-2H3. The van der Waals surface area contributed by atoms with Gasteiger partial charge in [-0.1, -0.05) is 18.2 Å². The van der Waals surface area contributed by atoms with E-state index in [0.717, 1.165) is 10.9 Å². The van der Waals surface area contributed by atoms with E-state index >= 15 is 0 Å². The molecule has 1 aromatic heterocycles. The molecule has 4 nitrogen and oxygen atoms in total. The van der Waals surface area contributed by atoms with Crippen LogP contribution >= 0.6 is 0 Å². The molecule has 78 valence electrons. The van der Waals surface area contributed by atoms with Crippen molar-refractivity contribution in [2.24, 2.45) is 7.05 Å². The number of para-hydroxylation sites is 1. The van der Waals surface area contributed by atoms with Crippen LogP contribution in [0.5, 0.6) is 0 Å². The van der Waals surface area contributed by atoms with Gasteiger partial charge in [0.2, 0.25) is 0 Å². The number of aromatic nitrogens is 1. The number of esters is 1. The minimum absolute atomic E-state index is 0.402. The monoisotopic (exact) mass is 204 g/mol. The van der Waals surface area contributed by atoms with Gasteiger partial charge < -0.3 is 15.0 Å². The van der Waals surface area contributed by atoms with Crippen molar-refractivity contribution in [3.63, 3.8) is 0 Å². The molecule has 0 radical (unpaired) electrons. The molecule has 2 aromatic rings. The molecular weight excluding hydrogens is 192 g/mol. The maximum atomic E-state index is 11.5. The molecule has 0 aliphatic heterocycles. The Bertz CT molecular complexity index is 490. The number of nitrogens with zero attached hydrogens (tertiary/aromatic N) is 1. The van der Waals surface area contributed by atoms with Crippen molar-refractivity contribution < 1.29 is 9.53 Å². The summed E-state index contributed by atoms with van der Waals surface area (Å²) in [4.78, 5) is 11.5. The highest BCUT2D eigenvalue weighted by Crippen LogP contribution is 2.27. The van der Waals surface area contributed by atoms with Crippen molar-refractivity contribution >= 4 is 22.6 Å². The lowest BCUT2D eigenvalue weighted by molar-refractivity contribution is 0.0592. The molecule has 0 atom stereocenters. The van der Waals surface area contributed by atoms with Gasteiger partial charge in [-0.25, -0.2) is 4.79 Å². The molecule has 0 saturated carbocycles. The van der Waals surface area contributed by atoms with Gasteiger partial charge in [-0.2, -0.15) is 0 Å². The van der Waals surface area contributed by atoms with Crippen LogP contribution in [0.2, 0.25) is 0 Å². The zero-order chi connectivity index (χ0) is 11.0. The average Bonchev–Trinajstić information content (AvgIpc) is 2.52. The first-order chi connectivity index (χ1) is 7.16. The summed E-state index contributed by atoms with van der Waals surface area (Å²) in [7, 11) is 3.14. The Balaban J connectivity index is 2.81. The van der Waals surface area contributed by atoms with Gasteiger partial charge in [-0.3, -0.25) is 0 Å². The lowest BCUT2D eigenvalue weighted by Crippen LogP contribution is -2.09. The predicted molar refractivity (Wildman–Crippen MR) is 58.7 cm³/mol. The van der Waals surface area contributed by atoms with Gasteiger partial charge >= 0.3 is 5.97 Å². The molecule has 15 heavy (non-hydrogen) atoms. The number of rotatable bonds is 1. The van der Waals surface area contributed by atoms with Crippen LogP contribution in [0.4, 0.5) is 5.69 Å². The van der Waals surface area contributed by atoms with Crippen LogP contribution in [0.25, 0.3) is 10.9 Å². The van der Waals surface area contributed by atoms with Gasteiger partial charge in [0.25, 0.3) is 0 Å². The third-order valence-electron chi connectivity index (χ3n) is 2.52. The lowest BCUT2D eigenvalue weighted by Gasteiger charge is -2.02. The molecule has 2 N–H and O–H groups in total. The summed E-state index contributed by atoms with van der Waals surface area (Å²) in [5.74, 6) is -0.411. The van der Waals surface area contributed by atoms with Gasteiger partial charge in [-0.15, -0.1) is 0 Å². The third kappa shape index (κ3) is 1.26. The van der Waals surface area contributed by atoms with Crippen molar-refractivity contribution in [1.29, 1.82) is 0 Å². The summed E-state index contributed by atoms with van der Waals surface area (Å²) >= 11 is 0. The number of ether oxygens (including phenoxy) is 1. The molecule has 2 rings (SSSR count). The predicted octanol–water partition coefficient (Wildman–Crippen LogP) is 1.55. The normalized spacial score (nSPS) is 10.5. The van der Waals surface area contributed by atoms with E-state index in [1.807, 2.05) is 24.3 Å². The van der Waals surface area contributed by atoms with Crippen molar-refractivity contribution in [2.75, 3.05) is 12.8 Å². The topological polar surface area (TPSA) is 57.2 Å². The van der Waals surface area contributed by atoms with Crippen molar-refractivity contribution in [2.45, 2.75) is 0 Å². The first-order valence-electron chi connectivity index (χ1n) is 4.58. The van der Waals surface area contributed by atoms with Crippen LogP contribution in [0, 0.1) is 0 Å². The fourth-order valence-corrected chi connectivity index (χ4v) is 1.77. The first kappa shape index (κ1) is 9.58. The van der Waals surface area contributed by atoms with E-state index in [-0.39, 0.29) is 0 Å². The second kappa shape index (κ2) is 3.31. The largest absolute Gasteiger partial charge is 0.464 e. The fraction of sp³-hybridized carbons (Fsp3) is 0.182. The second-order valence-corrected chi connectivity index (χ2v) is 3.33. The van der Waals surface area contributed by atoms with Gasteiger partial charge in [0.15, 0.2) is 5.69 Å². The number of benzene rings is 1. The summed E-state index contributed by atoms with van der Waals surface area (Å²) in [6.45, 7) is 0. The van der Waals surface area contributed by atoms with E-state index in [2.05, 4.69) is 4.74 Å². The minimum Gasteiger partial charge on any atom is -0.464 e. The Kier molecular flexibility index (Phi) is 2.11. The summed E-state index contributed by atoms with van der Waals surface area (Å²) in [6, 6.07) is 7.60. The third-order valence-corrected chi connectivity index (χ3v) is 2.52. The summed E-state index contributed by atoms with van der Waals surface area (Å²) in [6.07, 6.45) is 0. The fourth-order valence-electron chi connectivity index (χ4n) is 1.77. The Morgan fingerprint density at radius 3 is 2.67 bits per heavy atom. The van der Waals surface area contributed by atoms with Gasteiger partial charge in [0.05, 0.1) is 18.3 Å². The number of carbonyl (C=O) groups excluding carboxylic acids is 1. The maximum Gasteiger partial charge on any atom is 0.356 e. The van der Waals surface area contributed by atoms with E-state index in [9.17, 15) is 4.79 Å². The average molecular weight is 204 g/mol. The number of aryl methyl sites for hydroxylation is 1. The number of hydrogen-bond acceptors (Lipinski definition) is 3. The zero-order valence-electron chi connectivity index (χ0n) is 8.65. The van der Waals surface area contributed by atoms with Crippen LogP contribution in [0.3, 0.4) is 0 Å². The molecule has 1 heterocycles. The number of carbonyl (C=O) groups is 1. The van der Waals surface area contributed by atoms with Gasteiger partial charge in [-0.05, 0) is 6.07 Å². The Labute approximate surface area is 87.2 Å². The molecular formula is C11H12N2O2. The number of nitrogen functional groups attached to an aromatic ring is 1. The number of hydrogen-bond donors (Lipinski definition) is 1. The summed E-state index contributed by atoms with van der Waals surface area (Å²) in [5, 5.41) is 0.875. The lowest BCUT2D eigenvalue weighted by atomic mass is 10.2.